The highest BCUT2D eigenvalue weighted by atomic mass is 19.4. The Morgan fingerprint density at radius 1 is 1.25 bits per heavy atom. The lowest BCUT2D eigenvalue weighted by Crippen LogP contribution is -2.40. The Bertz CT molecular complexity index is 1350. The number of methoxy groups -OCH3 is 1. The van der Waals surface area contributed by atoms with Gasteiger partial charge in [-0.1, -0.05) is 30.8 Å². The average Bonchev–Trinajstić information content (AvgIpc) is 3.58. The number of aryl methyl sites for hydroxylation is 1. The van der Waals surface area contributed by atoms with Gasteiger partial charge in [0.25, 0.3) is 5.91 Å². The van der Waals surface area contributed by atoms with Crippen LogP contribution in [0.5, 0.6) is 0 Å². The van der Waals surface area contributed by atoms with Crippen molar-refractivity contribution in [3.8, 4) is 0 Å². The number of hydrogen-bond donors (Lipinski definition) is 2. The van der Waals surface area contributed by atoms with Gasteiger partial charge in [0.1, 0.15) is 11.7 Å². The van der Waals surface area contributed by atoms with E-state index in [9.17, 15) is 22.8 Å². The summed E-state index contributed by atoms with van der Waals surface area (Å²) in [5, 5.41) is 16.9. The smallest absolute Gasteiger partial charge is 0.382 e. The van der Waals surface area contributed by atoms with Crippen LogP contribution < -0.4 is 10.6 Å². The Hall–Kier alpha value is -3.75. The highest BCUT2D eigenvalue weighted by Crippen LogP contribution is 2.34. The Balaban J connectivity index is 1.45. The molecule has 5 rings (SSSR count). The van der Waals surface area contributed by atoms with E-state index in [0.717, 1.165) is 43.4 Å². The Labute approximate surface area is 227 Å². The predicted octanol–water partition coefficient (Wildman–Crippen LogP) is 3.51. The Morgan fingerprint density at radius 3 is 2.62 bits per heavy atom. The number of nitrogens with zero attached hydrogens (tertiary/aromatic N) is 6. The second kappa shape index (κ2) is 11.4. The first-order valence-electron chi connectivity index (χ1n) is 13.2. The van der Waals surface area contributed by atoms with Crippen LogP contribution in [0, 0.1) is 12.8 Å². The first-order chi connectivity index (χ1) is 19.2. The molecule has 2 N–H and O–H groups in total. The van der Waals surface area contributed by atoms with Gasteiger partial charge in [0, 0.05) is 12.7 Å². The highest BCUT2D eigenvalue weighted by Gasteiger charge is 2.48. The SMILES string of the molecule is COC[C@H](c1cnn2cc([C@@H](NC(=O)c3nonc3C)C3CCCCCC3)nc2c1)N1CC(C(F)(F)F)NC1=O. The number of alkyl halides is 3. The van der Waals surface area contributed by atoms with Gasteiger partial charge in [-0.2, -0.15) is 18.3 Å². The van der Waals surface area contributed by atoms with E-state index in [1.165, 1.54) is 13.3 Å². The van der Waals surface area contributed by atoms with Gasteiger partial charge in [-0.25, -0.2) is 18.9 Å². The van der Waals surface area contributed by atoms with Crippen LogP contribution in [0.3, 0.4) is 0 Å². The van der Waals surface area contributed by atoms with Gasteiger partial charge in [-0.3, -0.25) is 4.79 Å². The van der Waals surface area contributed by atoms with Crippen molar-refractivity contribution in [3.63, 3.8) is 0 Å². The zero-order valence-electron chi connectivity index (χ0n) is 22.1. The largest absolute Gasteiger partial charge is 0.410 e. The Kier molecular flexibility index (Phi) is 7.92. The first kappa shape index (κ1) is 27.8. The minimum Gasteiger partial charge on any atom is -0.382 e. The summed E-state index contributed by atoms with van der Waals surface area (Å²) in [5.74, 6) is -0.289. The fourth-order valence-corrected chi connectivity index (χ4v) is 5.50. The molecule has 3 aromatic rings. The van der Waals surface area contributed by atoms with Crippen molar-refractivity contribution in [2.75, 3.05) is 20.3 Å². The third-order valence-corrected chi connectivity index (χ3v) is 7.62. The second-order valence-electron chi connectivity index (χ2n) is 10.3. The second-order valence-corrected chi connectivity index (χ2v) is 10.3. The Morgan fingerprint density at radius 2 is 2.00 bits per heavy atom. The van der Waals surface area contributed by atoms with E-state index in [2.05, 4.69) is 20.7 Å². The van der Waals surface area contributed by atoms with Crippen LogP contribution in [0.4, 0.5) is 18.0 Å². The molecule has 40 heavy (non-hydrogen) atoms. The summed E-state index contributed by atoms with van der Waals surface area (Å²) < 4.78 is 51.4. The molecule has 1 unspecified atom stereocenters. The van der Waals surface area contributed by atoms with E-state index in [-0.39, 0.29) is 18.2 Å². The number of halogens is 3. The molecule has 0 spiro atoms. The molecule has 2 fully saturated rings. The van der Waals surface area contributed by atoms with Crippen LogP contribution in [-0.4, -0.2) is 74.2 Å². The third-order valence-electron chi connectivity index (χ3n) is 7.62. The molecule has 12 nitrogen and oxygen atoms in total. The molecule has 1 aliphatic carbocycles. The van der Waals surface area contributed by atoms with E-state index in [0.29, 0.717) is 22.6 Å². The number of aromatic nitrogens is 5. The number of rotatable bonds is 8. The molecule has 2 aliphatic rings. The van der Waals surface area contributed by atoms with Crippen molar-refractivity contribution < 1.29 is 32.1 Å². The number of amides is 3. The number of nitrogens with one attached hydrogen (secondary N) is 2. The number of ether oxygens (including phenoxy) is 1. The summed E-state index contributed by atoms with van der Waals surface area (Å²) in [4.78, 5) is 31.4. The van der Waals surface area contributed by atoms with Crippen molar-refractivity contribution in [2.24, 2.45) is 5.92 Å². The average molecular weight is 565 g/mol. The van der Waals surface area contributed by atoms with Crippen LogP contribution in [0.2, 0.25) is 0 Å². The molecule has 1 saturated carbocycles. The normalized spacial score (nSPS) is 20.4. The zero-order chi connectivity index (χ0) is 28.4. The van der Waals surface area contributed by atoms with Crippen molar-refractivity contribution in [1.82, 2.24) is 40.4 Å². The van der Waals surface area contributed by atoms with E-state index in [4.69, 9.17) is 14.3 Å². The summed E-state index contributed by atoms with van der Waals surface area (Å²) >= 11 is 0. The maximum absolute atomic E-state index is 13.3. The third kappa shape index (κ3) is 5.74. The van der Waals surface area contributed by atoms with Crippen LogP contribution >= 0.6 is 0 Å². The molecular formula is C25H31F3N8O4. The van der Waals surface area contributed by atoms with Gasteiger partial charge in [0.05, 0.1) is 43.3 Å². The molecule has 216 valence electrons. The maximum atomic E-state index is 13.3. The van der Waals surface area contributed by atoms with Crippen molar-refractivity contribution in [3.05, 3.63) is 41.1 Å². The van der Waals surface area contributed by atoms with Crippen molar-refractivity contribution in [2.45, 2.75) is 69.8 Å². The van der Waals surface area contributed by atoms with Gasteiger partial charge in [-0.05, 0) is 36.9 Å². The summed E-state index contributed by atoms with van der Waals surface area (Å²) in [6.45, 7) is 1.05. The molecule has 0 bridgehead atoms. The fourth-order valence-electron chi connectivity index (χ4n) is 5.50. The van der Waals surface area contributed by atoms with Crippen molar-refractivity contribution in [1.29, 1.82) is 0 Å². The number of carbonyl (C=O) groups is 2. The zero-order valence-corrected chi connectivity index (χ0v) is 22.1. The number of carbonyl (C=O) groups excluding carboxylic acids is 2. The molecule has 1 saturated heterocycles. The molecule has 15 heteroatoms. The molecule has 3 aromatic heterocycles. The summed E-state index contributed by atoms with van der Waals surface area (Å²) in [5.41, 5.74) is 1.97. The standard InChI is InChI=1S/C25H31F3N8O4/c1-14-21(34-40-33-14)23(37)32-22(15-7-5-3-4-6-8-15)17-11-36-20(30-17)9-16(10-29-36)18(13-39-2)35-12-19(25(26,27)28)31-24(35)38/h9-11,15,18-19,22H,3-8,12-13H2,1-2H3,(H,31,38)(H,32,37)/t18-,19?,22+/m1/s1. The van der Waals surface area contributed by atoms with E-state index in [1.807, 2.05) is 5.32 Å². The van der Waals surface area contributed by atoms with E-state index in [1.54, 1.807) is 23.7 Å². The molecule has 1 aliphatic heterocycles. The molecule has 4 heterocycles. The molecular weight excluding hydrogens is 533 g/mol. The topological polar surface area (TPSA) is 140 Å². The number of urea groups is 1. The minimum atomic E-state index is -4.57. The van der Waals surface area contributed by atoms with Crippen LogP contribution in [-0.2, 0) is 4.74 Å². The lowest BCUT2D eigenvalue weighted by atomic mass is 9.90. The first-order valence-corrected chi connectivity index (χ1v) is 13.2. The summed E-state index contributed by atoms with van der Waals surface area (Å²) in [6, 6.07) is -2.37. The van der Waals surface area contributed by atoms with Crippen LogP contribution in [0.1, 0.15) is 78.0 Å². The number of fused-ring (bicyclic) bond motifs is 1. The maximum Gasteiger partial charge on any atom is 0.410 e. The van der Waals surface area contributed by atoms with Gasteiger partial charge in [0.2, 0.25) is 0 Å². The van der Waals surface area contributed by atoms with Crippen LogP contribution in [0.25, 0.3) is 5.65 Å². The fraction of sp³-hybridized carbons (Fsp3) is 0.600. The monoisotopic (exact) mass is 564 g/mol. The quantitative estimate of drug-likeness (QED) is 0.396. The predicted molar refractivity (Wildman–Crippen MR) is 133 cm³/mol. The lowest BCUT2D eigenvalue weighted by molar-refractivity contribution is -0.150. The van der Waals surface area contributed by atoms with E-state index < -0.39 is 42.8 Å². The molecule has 3 amide bonds. The van der Waals surface area contributed by atoms with Gasteiger partial charge in [0.15, 0.2) is 11.3 Å². The number of hydrogen-bond acceptors (Lipinski definition) is 8. The molecule has 0 radical (unpaired) electrons. The number of imidazole rings is 1. The minimum absolute atomic E-state index is 0.0325. The van der Waals surface area contributed by atoms with Crippen molar-refractivity contribution >= 4 is 17.6 Å². The van der Waals surface area contributed by atoms with Gasteiger partial charge < -0.3 is 20.3 Å². The van der Waals surface area contributed by atoms with Gasteiger partial charge in [-0.15, -0.1) is 0 Å². The highest BCUT2D eigenvalue weighted by molar-refractivity contribution is 5.93. The summed E-state index contributed by atoms with van der Waals surface area (Å²) in [7, 11) is 1.41. The lowest BCUT2D eigenvalue weighted by Gasteiger charge is -2.26. The van der Waals surface area contributed by atoms with Gasteiger partial charge >= 0.3 is 12.2 Å². The molecule has 0 aromatic carbocycles. The summed E-state index contributed by atoms with van der Waals surface area (Å²) in [6.07, 6.45) is 4.79. The van der Waals surface area contributed by atoms with Crippen LogP contribution in [0.15, 0.2) is 23.1 Å². The molecule has 3 atom stereocenters. The van der Waals surface area contributed by atoms with E-state index >= 15 is 0 Å².